The van der Waals surface area contributed by atoms with Crippen LogP contribution >= 0.6 is 0 Å². The largest absolute Gasteiger partial charge is 0.340 e. The second-order valence-electron chi connectivity index (χ2n) is 6.98. The average molecular weight is 365 g/mol. The van der Waals surface area contributed by atoms with Gasteiger partial charge in [0.05, 0.1) is 5.69 Å². The van der Waals surface area contributed by atoms with Gasteiger partial charge in [0, 0.05) is 11.3 Å². The number of nitrogens with one attached hydrogen (secondary N) is 1. The number of nitrogens with zero attached hydrogens (tertiary/aromatic N) is 1. The van der Waals surface area contributed by atoms with Crippen molar-refractivity contribution in [2.75, 3.05) is 5.32 Å². The van der Waals surface area contributed by atoms with E-state index in [1.54, 1.807) is 12.1 Å². The molecule has 3 heteroatoms. The van der Waals surface area contributed by atoms with Gasteiger partial charge >= 0.3 is 0 Å². The first-order chi connectivity index (χ1) is 12.9. The summed E-state index contributed by atoms with van der Waals surface area (Å²) in [7, 11) is 0. The van der Waals surface area contributed by atoms with Gasteiger partial charge in [-0.3, -0.25) is 0 Å². The molecule has 0 aliphatic carbocycles. The van der Waals surface area contributed by atoms with Gasteiger partial charge in [-0.2, -0.15) is 0 Å². The summed E-state index contributed by atoms with van der Waals surface area (Å²) in [5, 5.41) is 3.32. The van der Waals surface area contributed by atoms with E-state index >= 15 is 0 Å². The molecule has 2 rings (SSSR count). The summed E-state index contributed by atoms with van der Waals surface area (Å²) in [5.74, 6) is 0.519. The maximum Gasteiger partial charge on any atom is 0.131 e. The molecule has 1 N–H and O–H groups in total. The van der Waals surface area contributed by atoms with E-state index in [0.717, 1.165) is 54.0 Å². The Hall–Kier alpha value is -2.68. The number of pyridine rings is 1. The Morgan fingerprint density at radius 2 is 1.78 bits per heavy atom. The van der Waals surface area contributed by atoms with E-state index in [-0.39, 0.29) is 5.82 Å². The SMILES string of the molecule is C=C(C)CCCCc1ccc(N/C(=C\C)C(=C)C)nc1-c1ccc(F)cc1. The maximum atomic E-state index is 13.4. The second kappa shape index (κ2) is 9.86. The third kappa shape index (κ3) is 6.21. The van der Waals surface area contributed by atoms with Gasteiger partial charge in [-0.05, 0) is 87.9 Å². The highest BCUT2D eigenvalue weighted by atomic mass is 19.1. The summed E-state index contributed by atoms with van der Waals surface area (Å²) in [5.41, 5.74) is 6.10. The van der Waals surface area contributed by atoms with Gasteiger partial charge in [-0.15, -0.1) is 6.58 Å². The molecule has 0 unspecified atom stereocenters. The number of rotatable bonds is 9. The van der Waals surface area contributed by atoms with E-state index in [9.17, 15) is 4.39 Å². The van der Waals surface area contributed by atoms with E-state index in [1.165, 1.54) is 23.3 Å². The van der Waals surface area contributed by atoms with Crippen LogP contribution in [-0.4, -0.2) is 4.98 Å². The molecular formula is C24H29FN2. The van der Waals surface area contributed by atoms with Crippen molar-refractivity contribution in [3.05, 3.63) is 83.9 Å². The van der Waals surface area contributed by atoms with E-state index < -0.39 is 0 Å². The molecule has 2 nitrogen and oxygen atoms in total. The van der Waals surface area contributed by atoms with Gasteiger partial charge < -0.3 is 5.32 Å². The van der Waals surface area contributed by atoms with Gasteiger partial charge in [0.15, 0.2) is 0 Å². The molecule has 0 saturated carbocycles. The number of benzene rings is 1. The van der Waals surface area contributed by atoms with Gasteiger partial charge in [0.2, 0.25) is 0 Å². The highest BCUT2D eigenvalue weighted by Gasteiger charge is 2.10. The number of anilines is 1. The van der Waals surface area contributed by atoms with Crippen molar-refractivity contribution < 1.29 is 4.39 Å². The zero-order valence-corrected chi connectivity index (χ0v) is 16.6. The molecule has 0 fully saturated rings. The third-order valence-electron chi connectivity index (χ3n) is 4.41. The monoisotopic (exact) mass is 364 g/mol. The van der Waals surface area contributed by atoms with Crippen molar-refractivity contribution in [1.82, 2.24) is 4.98 Å². The molecule has 27 heavy (non-hydrogen) atoms. The topological polar surface area (TPSA) is 24.9 Å². The summed E-state index contributed by atoms with van der Waals surface area (Å²) in [4.78, 5) is 4.82. The molecule has 1 aromatic carbocycles. The zero-order chi connectivity index (χ0) is 19.8. The summed E-state index contributed by atoms with van der Waals surface area (Å²) < 4.78 is 13.4. The lowest BCUT2D eigenvalue weighted by molar-refractivity contribution is 0.628. The maximum absolute atomic E-state index is 13.4. The number of hydrogen-bond donors (Lipinski definition) is 1. The van der Waals surface area contributed by atoms with E-state index in [4.69, 9.17) is 4.98 Å². The lowest BCUT2D eigenvalue weighted by Gasteiger charge is -2.14. The molecule has 2 aromatic rings. The summed E-state index contributed by atoms with van der Waals surface area (Å²) in [6.07, 6.45) is 6.14. The molecule has 0 aliphatic heterocycles. The van der Waals surface area contributed by atoms with E-state index in [2.05, 4.69) is 31.5 Å². The fourth-order valence-electron chi connectivity index (χ4n) is 2.92. The molecule has 0 radical (unpaired) electrons. The van der Waals surface area contributed by atoms with Crippen LogP contribution in [0.4, 0.5) is 10.2 Å². The van der Waals surface area contributed by atoms with Crippen LogP contribution < -0.4 is 5.32 Å². The third-order valence-corrected chi connectivity index (χ3v) is 4.41. The highest BCUT2D eigenvalue weighted by molar-refractivity contribution is 5.66. The predicted octanol–water partition coefficient (Wildman–Crippen LogP) is 7.07. The van der Waals surface area contributed by atoms with Crippen LogP contribution in [0.3, 0.4) is 0 Å². The first-order valence-corrected chi connectivity index (χ1v) is 9.40. The lowest BCUT2D eigenvalue weighted by atomic mass is 10.00. The molecule has 0 saturated heterocycles. The number of aryl methyl sites for hydroxylation is 1. The molecule has 142 valence electrons. The van der Waals surface area contributed by atoms with Crippen molar-refractivity contribution in [1.29, 1.82) is 0 Å². The number of allylic oxidation sites excluding steroid dienone is 3. The van der Waals surface area contributed by atoms with Crippen LogP contribution in [0.1, 0.15) is 45.6 Å². The quantitative estimate of drug-likeness (QED) is 0.292. The van der Waals surface area contributed by atoms with E-state index in [0.29, 0.717) is 0 Å². The molecule has 0 amide bonds. The molecule has 0 bridgehead atoms. The fourth-order valence-corrected chi connectivity index (χ4v) is 2.92. The van der Waals surface area contributed by atoms with Crippen LogP contribution in [0.5, 0.6) is 0 Å². The molecule has 1 aromatic heterocycles. The second-order valence-corrected chi connectivity index (χ2v) is 6.98. The number of hydrogen-bond acceptors (Lipinski definition) is 2. The molecule has 1 heterocycles. The first kappa shape index (κ1) is 20.6. The number of unbranched alkanes of at least 4 members (excludes halogenated alkanes) is 1. The van der Waals surface area contributed by atoms with Gasteiger partial charge in [0.25, 0.3) is 0 Å². The average Bonchev–Trinajstić information content (AvgIpc) is 2.64. The normalized spacial score (nSPS) is 11.3. The van der Waals surface area contributed by atoms with Crippen molar-refractivity contribution in [2.45, 2.75) is 46.5 Å². The summed E-state index contributed by atoms with van der Waals surface area (Å²) in [6, 6.07) is 10.6. The molecule has 0 spiro atoms. The molecule has 0 aliphatic rings. The Balaban J connectivity index is 2.30. The standard InChI is InChI=1S/C24H29FN2/c1-6-22(18(4)5)26-23-16-13-19(10-8-7-9-17(2)3)24(27-23)20-11-14-21(25)15-12-20/h6,11-16H,2,4,7-10H2,1,3,5H3,(H,26,27)/b22-6-. The van der Waals surface area contributed by atoms with Crippen LogP contribution in [0.25, 0.3) is 11.3 Å². The van der Waals surface area contributed by atoms with Crippen molar-refractivity contribution in [3.63, 3.8) is 0 Å². The Bertz CT molecular complexity index is 832. The molecular weight excluding hydrogens is 335 g/mol. The number of halogens is 1. The van der Waals surface area contributed by atoms with E-state index in [1.807, 2.05) is 26.0 Å². The van der Waals surface area contributed by atoms with Crippen molar-refractivity contribution in [2.24, 2.45) is 0 Å². The minimum absolute atomic E-state index is 0.241. The van der Waals surface area contributed by atoms with Gasteiger partial charge in [-0.1, -0.05) is 24.3 Å². The lowest BCUT2D eigenvalue weighted by Crippen LogP contribution is -2.04. The van der Waals surface area contributed by atoms with Crippen LogP contribution in [-0.2, 0) is 6.42 Å². The van der Waals surface area contributed by atoms with Crippen molar-refractivity contribution in [3.8, 4) is 11.3 Å². The van der Waals surface area contributed by atoms with Gasteiger partial charge in [0.1, 0.15) is 11.6 Å². The first-order valence-electron chi connectivity index (χ1n) is 9.40. The smallest absolute Gasteiger partial charge is 0.131 e. The zero-order valence-electron chi connectivity index (χ0n) is 16.6. The molecule has 0 atom stereocenters. The minimum atomic E-state index is -0.241. The van der Waals surface area contributed by atoms with Gasteiger partial charge in [-0.25, -0.2) is 9.37 Å². The Morgan fingerprint density at radius 1 is 1.07 bits per heavy atom. The fraction of sp³-hybridized carbons (Fsp3) is 0.292. The highest BCUT2D eigenvalue weighted by Crippen LogP contribution is 2.26. The van der Waals surface area contributed by atoms with Crippen LogP contribution in [0.2, 0.25) is 0 Å². The Labute approximate surface area is 162 Å². The summed E-state index contributed by atoms with van der Waals surface area (Å²) in [6.45, 7) is 13.9. The minimum Gasteiger partial charge on any atom is -0.340 e. The van der Waals surface area contributed by atoms with Crippen LogP contribution in [0, 0.1) is 5.82 Å². The number of aromatic nitrogens is 1. The Morgan fingerprint density at radius 3 is 2.37 bits per heavy atom. The van der Waals surface area contributed by atoms with Crippen LogP contribution in [0.15, 0.2) is 72.5 Å². The Kier molecular flexibility index (Phi) is 7.54. The summed E-state index contributed by atoms with van der Waals surface area (Å²) >= 11 is 0. The predicted molar refractivity (Wildman–Crippen MR) is 114 cm³/mol. The van der Waals surface area contributed by atoms with Crippen molar-refractivity contribution >= 4 is 5.82 Å².